The van der Waals surface area contributed by atoms with Crippen LogP contribution in [-0.2, 0) is 0 Å². The second kappa shape index (κ2) is 4.12. The van der Waals surface area contributed by atoms with Crippen molar-refractivity contribution in [3.63, 3.8) is 0 Å². The molecule has 3 nitrogen and oxygen atoms in total. The summed E-state index contributed by atoms with van der Waals surface area (Å²) in [5, 5.41) is 17.1. The van der Waals surface area contributed by atoms with Crippen LogP contribution in [0.15, 0.2) is 12.2 Å². The van der Waals surface area contributed by atoms with Crippen molar-refractivity contribution >= 4 is 0 Å². The Morgan fingerprint density at radius 3 is 2.55 bits per heavy atom. The lowest BCUT2D eigenvalue weighted by Gasteiger charge is -2.28. The SMILES string of the molecule is C=C(C#N)C[N+](C)(C)CCO. The van der Waals surface area contributed by atoms with Crippen molar-refractivity contribution < 1.29 is 9.59 Å². The minimum absolute atomic E-state index is 0.145. The molecule has 11 heavy (non-hydrogen) atoms. The maximum Gasteiger partial charge on any atom is 0.113 e. The number of hydrogen-bond acceptors (Lipinski definition) is 2. The lowest BCUT2D eigenvalue weighted by atomic mass is 10.3. The van der Waals surface area contributed by atoms with Gasteiger partial charge >= 0.3 is 0 Å². The molecule has 0 unspecified atom stereocenters. The number of aliphatic hydroxyl groups is 1. The molecule has 0 atom stereocenters. The van der Waals surface area contributed by atoms with E-state index in [1.807, 2.05) is 20.2 Å². The molecule has 62 valence electrons. The number of nitrogens with zero attached hydrogens (tertiary/aromatic N) is 2. The molecule has 3 heteroatoms. The van der Waals surface area contributed by atoms with Gasteiger partial charge in [-0.1, -0.05) is 6.58 Å². The Kier molecular flexibility index (Phi) is 3.80. The molecule has 0 heterocycles. The van der Waals surface area contributed by atoms with E-state index >= 15 is 0 Å². The summed E-state index contributed by atoms with van der Waals surface area (Å²) >= 11 is 0. The van der Waals surface area contributed by atoms with Crippen LogP contribution in [0, 0.1) is 11.3 Å². The monoisotopic (exact) mass is 155 g/mol. The summed E-state index contributed by atoms with van der Waals surface area (Å²) in [5.74, 6) is 0. The summed E-state index contributed by atoms with van der Waals surface area (Å²) < 4.78 is 0.614. The van der Waals surface area contributed by atoms with Crippen LogP contribution in [0.4, 0.5) is 0 Å². The van der Waals surface area contributed by atoms with E-state index in [-0.39, 0.29) is 6.61 Å². The van der Waals surface area contributed by atoms with Crippen LogP contribution < -0.4 is 0 Å². The van der Waals surface area contributed by atoms with Gasteiger partial charge in [-0.3, -0.25) is 0 Å². The smallest absolute Gasteiger partial charge is 0.113 e. The molecule has 0 aromatic heterocycles. The van der Waals surface area contributed by atoms with Crippen LogP contribution in [0.1, 0.15) is 0 Å². The van der Waals surface area contributed by atoms with E-state index in [1.54, 1.807) is 0 Å². The topological polar surface area (TPSA) is 44.0 Å². The van der Waals surface area contributed by atoms with Gasteiger partial charge in [0.1, 0.15) is 13.1 Å². The van der Waals surface area contributed by atoms with Crippen molar-refractivity contribution in [1.29, 1.82) is 5.26 Å². The summed E-state index contributed by atoms with van der Waals surface area (Å²) in [6.45, 7) is 4.99. The van der Waals surface area contributed by atoms with E-state index in [0.717, 1.165) is 0 Å². The highest BCUT2D eigenvalue weighted by molar-refractivity contribution is 5.15. The molecule has 1 N–H and O–H groups in total. The van der Waals surface area contributed by atoms with Gasteiger partial charge in [0.2, 0.25) is 0 Å². The molecular weight excluding hydrogens is 140 g/mol. The third kappa shape index (κ3) is 4.54. The highest BCUT2D eigenvalue weighted by Crippen LogP contribution is 2.00. The summed E-state index contributed by atoms with van der Waals surface area (Å²) in [6, 6.07) is 1.99. The fourth-order valence-corrected chi connectivity index (χ4v) is 0.902. The standard InChI is InChI=1S/C8H15N2O/c1-8(6-9)7-10(2,3)4-5-11/h11H,1,4-5,7H2,2-3H3/q+1. The van der Waals surface area contributed by atoms with Crippen molar-refractivity contribution in [3.8, 4) is 6.07 Å². The summed E-state index contributed by atoms with van der Waals surface area (Å²) in [7, 11) is 3.91. The van der Waals surface area contributed by atoms with Gasteiger partial charge in [-0.25, -0.2) is 0 Å². The van der Waals surface area contributed by atoms with Gasteiger partial charge in [-0.15, -0.1) is 0 Å². The molecule has 0 aliphatic heterocycles. The van der Waals surface area contributed by atoms with Crippen LogP contribution in [-0.4, -0.2) is 43.4 Å². The van der Waals surface area contributed by atoms with Gasteiger partial charge in [0.05, 0.1) is 32.3 Å². The molecule has 0 spiro atoms. The Morgan fingerprint density at radius 2 is 2.18 bits per heavy atom. The van der Waals surface area contributed by atoms with Crippen LogP contribution in [0.2, 0.25) is 0 Å². The molecule has 0 rings (SSSR count). The van der Waals surface area contributed by atoms with Crippen molar-refractivity contribution in [2.45, 2.75) is 0 Å². The number of quaternary nitrogens is 1. The van der Waals surface area contributed by atoms with Crippen LogP contribution in [0.25, 0.3) is 0 Å². The average Bonchev–Trinajstić information content (AvgIpc) is 1.86. The second-order valence-electron chi connectivity index (χ2n) is 3.26. The predicted molar refractivity (Wildman–Crippen MR) is 43.7 cm³/mol. The van der Waals surface area contributed by atoms with Gasteiger partial charge in [0.25, 0.3) is 0 Å². The minimum Gasteiger partial charge on any atom is -0.391 e. The number of rotatable bonds is 4. The highest BCUT2D eigenvalue weighted by atomic mass is 16.3. The van der Waals surface area contributed by atoms with E-state index in [2.05, 4.69) is 6.58 Å². The molecule has 0 aliphatic carbocycles. The van der Waals surface area contributed by atoms with Gasteiger partial charge in [-0.05, 0) is 0 Å². The highest BCUT2D eigenvalue weighted by Gasteiger charge is 2.14. The molecule has 0 amide bonds. The van der Waals surface area contributed by atoms with Crippen molar-refractivity contribution in [2.75, 3.05) is 33.8 Å². The van der Waals surface area contributed by atoms with Gasteiger partial charge in [-0.2, -0.15) is 5.26 Å². The van der Waals surface area contributed by atoms with E-state index < -0.39 is 0 Å². The molecule has 0 aliphatic rings. The normalized spacial score (nSPS) is 10.7. The first kappa shape index (κ1) is 10.2. The maximum atomic E-state index is 8.66. The van der Waals surface area contributed by atoms with Gasteiger partial charge in [0.15, 0.2) is 0 Å². The second-order valence-corrected chi connectivity index (χ2v) is 3.26. The van der Waals surface area contributed by atoms with Crippen molar-refractivity contribution in [2.24, 2.45) is 0 Å². The molecule has 0 aromatic rings. The number of hydrogen-bond donors (Lipinski definition) is 1. The Labute approximate surface area is 67.8 Å². The van der Waals surface area contributed by atoms with Gasteiger partial charge < -0.3 is 9.59 Å². The summed E-state index contributed by atoms with van der Waals surface area (Å²) in [6.07, 6.45) is 0. The Morgan fingerprint density at radius 1 is 1.64 bits per heavy atom. The Bertz CT molecular complexity index is 179. The summed E-state index contributed by atoms with van der Waals surface area (Å²) in [5.41, 5.74) is 0.559. The number of aliphatic hydroxyl groups excluding tert-OH is 1. The first-order valence-electron chi connectivity index (χ1n) is 3.52. The van der Waals surface area contributed by atoms with E-state index in [1.165, 1.54) is 0 Å². The fourth-order valence-electron chi connectivity index (χ4n) is 0.902. The lowest BCUT2D eigenvalue weighted by molar-refractivity contribution is -0.885. The van der Waals surface area contributed by atoms with Crippen molar-refractivity contribution in [3.05, 3.63) is 12.2 Å². The zero-order valence-electron chi connectivity index (χ0n) is 7.17. The fraction of sp³-hybridized carbons (Fsp3) is 0.625. The Balaban J connectivity index is 3.92. The van der Waals surface area contributed by atoms with Crippen LogP contribution in [0.3, 0.4) is 0 Å². The molecule has 0 bridgehead atoms. The van der Waals surface area contributed by atoms with E-state index in [9.17, 15) is 0 Å². The third-order valence-corrected chi connectivity index (χ3v) is 1.48. The van der Waals surface area contributed by atoms with E-state index in [0.29, 0.717) is 23.1 Å². The average molecular weight is 155 g/mol. The Hall–Kier alpha value is -0.850. The van der Waals surface area contributed by atoms with Crippen LogP contribution >= 0.6 is 0 Å². The zero-order valence-corrected chi connectivity index (χ0v) is 7.17. The number of nitriles is 1. The van der Waals surface area contributed by atoms with Gasteiger partial charge in [0, 0.05) is 0 Å². The predicted octanol–water partition coefficient (Wildman–Crippen LogP) is 0.135. The van der Waals surface area contributed by atoms with Crippen LogP contribution in [0.5, 0.6) is 0 Å². The zero-order chi connectivity index (χ0) is 8.91. The maximum absolute atomic E-state index is 8.66. The lowest BCUT2D eigenvalue weighted by Crippen LogP contribution is -2.43. The third-order valence-electron chi connectivity index (χ3n) is 1.48. The van der Waals surface area contributed by atoms with Crippen molar-refractivity contribution in [1.82, 2.24) is 0 Å². The molecule has 0 radical (unpaired) electrons. The largest absolute Gasteiger partial charge is 0.391 e. The summed E-state index contributed by atoms with van der Waals surface area (Å²) in [4.78, 5) is 0. The molecule has 0 saturated carbocycles. The number of likely N-dealkylation sites (N-methyl/N-ethyl adjacent to an activating group) is 1. The first-order valence-corrected chi connectivity index (χ1v) is 3.52. The molecule has 0 aromatic carbocycles. The first-order chi connectivity index (χ1) is 5.02. The quantitative estimate of drug-likeness (QED) is 0.463. The van der Waals surface area contributed by atoms with E-state index in [4.69, 9.17) is 10.4 Å². The minimum atomic E-state index is 0.145. The molecular formula is C8H15N2O+. The molecule has 0 fully saturated rings. The molecule has 0 saturated heterocycles.